The highest BCUT2D eigenvalue weighted by Crippen LogP contribution is 2.41. The van der Waals surface area contributed by atoms with Crippen LogP contribution in [0.5, 0.6) is 0 Å². The molecule has 136 valence electrons. The van der Waals surface area contributed by atoms with Gasteiger partial charge in [-0.15, -0.1) is 0 Å². The van der Waals surface area contributed by atoms with Gasteiger partial charge in [0.1, 0.15) is 0 Å². The Balaban J connectivity index is 1.60. The fourth-order valence-electron chi connectivity index (χ4n) is 3.08. The van der Waals surface area contributed by atoms with Crippen molar-refractivity contribution in [2.75, 3.05) is 10.6 Å². The van der Waals surface area contributed by atoms with E-state index in [-0.39, 0.29) is 23.4 Å². The average Bonchev–Trinajstić information content (AvgIpc) is 2.60. The van der Waals surface area contributed by atoms with E-state index >= 15 is 0 Å². The molecule has 1 aliphatic carbocycles. The molecule has 5 nitrogen and oxygen atoms in total. The van der Waals surface area contributed by atoms with Gasteiger partial charge in [0.15, 0.2) is 0 Å². The Hall–Kier alpha value is -2.82. The number of nitrogens with one attached hydrogen (secondary N) is 3. The van der Waals surface area contributed by atoms with E-state index in [4.69, 9.17) is 0 Å². The SMILES string of the molecule is CC(C)C(=O)Nc1ccc(NC(=O)NC2(c3ccccc3)CCC2)cc1. The molecular weight excluding hydrogens is 326 g/mol. The van der Waals surface area contributed by atoms with Gasteiger partial charge in [-0.3, -0.25) is 4.79 Å². The zero-order valence-corrected chi connectivity index (χ0v) is 15.2. The first kappa shape index (κ1) is 18.0. The van der Waals surface area contributed by atoms with E-state index in [1.54, 1.807) is 24.3 Å². The summed E-state index contributed by atoms with van der Waals surface area (Å²) in [5, 5.41) is 8.85. The maximum atomic E-state index is 12.5. The van der Waals surface area contributed by atoms with Crippen LogP contribution in [0.2, 0.25) is 0 Å². The average molecular weight is 351 g/mol. The second-order valence-electron chi connectivity index (χ2n) is 7.10. The second kappa shape index (κ2) is 7.60. The lowest BCUT2D eigenvalue weighted by Gasteiger charge is -2.43. The van der Waals surface area contributed by atoms with Crippen molar-refractivity contribution in [3.63, 3.8) is 0 Å². The third-order valence-corrected chi connectivity index (χ3v) is 4.82. The predicted octanol–water partition coefficient (Wildman–Crippen LogP) is 4.48. The van der Waals surface area contributed by atoms with Crippen molar-refractivity contribution in [1.82, 2.24) is 5.32 Å². The van der Waals surface area contributed by atoms with Gasteiger partial charge in [0, 0.05) is 17.3 Å². The smallest absolute Gasteiger partial charge is 0.319 e. The van der Waals surface area contributed by atoms with Crippen LogP contribution in [-0.4, -0.2) is 11.9 Å². The third kappa shape index (κ3) is 4.04. The fourth-order valence-corrected chi connectivity index (χ4v) is 3.08. The summed E-state index contributed by atoms with van der Waals surface area (Å²) in [4.78, 5) is 24.2. The maximum absolute atomic E-state index is 12.5. The van der Waals surface area contributed by atoms with Gasteiger partial charge in [-0.2, -0.15) is 0 Å². The standard InChI is InChI=1S/C21H25N3O2/c1-15(2)19(25)22-17-9-11-18(12-10-17)23-20(26)24-21(13-6-14-21)16-7-4-3-5-8-16/h3-5,7-12,15H,6,13-14H2,1-2H3,(H,22,25)(H2,23,24,26). The summed E-state index contributed by atoms with van der Waals surface area (Å²) in [5.74, 6) is -0.103. The molecule has 0 saturated heterocycles. The van der Waals surface area contributed by atoms with Crippen LogP contribution >= 0.6 is 0 Å². The van der Waals surface area contributed by atoms with E-state index in [1.165, 1.54) is 0 Å². The lowest BCUT2D eigenvalue weighted by atomic mass is 9.72. The van der Waals surface area contributed by atoms with E-state index < -0.39 is 0 Å². The van der Waals surface area contributed by atoms with Gasteiger partial charge >= 0.3 is 6.03 Å². The van der Waals surface area contributed by atoms with E-state index in [0.29, 0.717) is 5.69 Å². The maximum Gasteiger partial charge on any atom is 0.319 e. The molecule has 0 bridgehead atoms. The van der Waals surface area contributed by atoms with Crippen LogP contribution < -0.4 is 16.0 Å². The van der Waals surface area contributed by atoms with Crippen LogP contribution in [0, 0.1) is 5.92 Å². The summed E-state index contributed by atoms with van der Waals surface area (Å²) in [6.45, 7) is 3.69. The molecule has 0 aromatic heterocycles. The summed E-state index contributed by atoms with van der Waals surface area (Å²) in [7, 11) is 0. The molecule has 3 amide bonds. The van der Waals surface area contributed by atoms with E-state index in [1.807, 2.05) is 32.0 Å². The molecule has 1 aliphatic rings. The van der Waals surface area contributed by atoms with Crippen molar-refractivity contribution in [2.45, 2.75) is 38.6 Å². The number of carbonyl (C=O) groups is 2. The minimum atomic E-state index is -0.267. The molecule has 2 aromatic rings. The zero-order valence-electron chi connectivity index (χ0n) is 15.2. The first-order valence-electron chi connectivity index (χ1n) is 9.04. The Morgan fingerprint density at radius 2 is 1.46 bits per heavy atom. The summed E-state index contributed by atoms with van der Waals surface area (Å²) < 4.78 is 0. The van der Waals surface area contributed by atoms with Gasteiger partial charge in [-0.25, -0.2) is 4.79 Å². The number of hydrogen-bond acceptors (Lipinski definition) is 2. The van der Waals surface area contributed by atoms with Crippen molar-refractivity contribution in [3.8, 4) is 0 Å². The molecule has 0 heterocycles. The number of anilines is 2. The molecule has 26 heavy (non-hydrogen) atoms. The van der Waals surface area contributed by atoms with Crippen LogP contribution in [0.3, 0.4) is 0 Å². The predicted molar refractivity (Wildman–Crippen MR) is 104 cm³/mol. The Morgan fingerprint density at radius 1 is 0.885 bits per heavy atom. The van der Waals surface area contributed by atoms with Crippen molar-refractivity contribution in [2.24, 2.45) is 5.92 Å². The van der Waals surface area contributed by atoms with Gasteiger partial charge in [0.2, 0.25) is 5.91 Å². The molecular formula is C21H25N3O2. The molecule has 2 aromatic carbocycles. The van der Waals surface area contributed by atoms with Crippen molar-refractivity contribution >= 4 is 23.3 Å². The van der Waals surface area contributed by atoms with Gasteiger partial charge in [0.25, 0.3) is 0 Å². The number of carbonyl (C=O) groups excluding carboxylic acids is 2. The Labute approximate surface area is 154 Å². The van der Waals surface area contributed by atoms with Crippen LogP contribution in [0.25, 0.3) is 0 Å². The van der Waals surface area contributed by atoms with Crippen molar-refractivity contribution in [1.29, 1.82) is 0 Å². The number of hydrogen-bond donors (Lipinski definition) is 3. The van der Waals surface area contributed by atoms with Crippen LogP contribution in [0.4, 0.5) is 16.2 Å². The minimum Gasteiger partial charge on any atom is -0.328 e. The Morgan fingerprint density at radius 3 is 1.96 bits per heavy atom. The van der Waals surface area contributed by atoms with Gasteiger partial charge in [-0.05, 0) is 49.1 Å². The van der Waals surface area contributed by atoms with Gasteiger partial charge < -0.3 is 16.0 Å². The number of urea groups is 1. The lowest BCUT2D eigenvalue weighted by molar-refractivity contribution is -0.118. The third-order valence-electron chi connectivity index (χ3n) is 4.82. The zero-order chi connectivity index (χ0) is 18.6. The molecule has 5 heteroatoms. The highest BCUT2D eigenvalue weighted by Gasteiger charge is 2.39. The molecule has 0 unspecified atom stereocenters. The summed E-state index contributed by atoms with van der Waals surface area (Å²) in [5.41, 5.74) is 2.28. The highest BCUT2D eigenvalue weighted by molar-refractivity contribution is 5.93. The molecule has 3 rings (SSSR count). The number of amides is 3. The largest absolute Gasteiger partial charge is 0.328 e. The fraction of sp³-hybridized carbons (Fsp3) is 0.333. The Kier molecular flexibility index (Phi) is 5.26. The number of benzene rings is 2. The van der Waals surface area contributed by atoms with E-state index in [0.717, 1.165) is 30.5 Å². The lowest BCUT2D eigenvalue weighted by Crippen LogP contribution is -2.52. The molecule has 0 radical (unpaired) electrons. The highest BCUT2D eigenvalue weighted by atomic mass is 16.2. The molecule has 1 saturated carbocycles. The normalized spacial score (nSPS) is 15.0. The molecule has 1 fully saturated rings. The Bertz CT molecular complexity index is 766. The first-order chi connectivity index (χ1) is 12.5. The van der Waals surface area contributed by atoms with Crippen LogP contribution in [-0.2, 0) is 10.3 Å². The minimum absolute atomic E-state index is 0.0294. The monoisotopic (exact) mass is 351 g/mol. The van der Waals surface area contributed by atoms with Gasteiger partial charge in [0.05, 0.1) is 5.54 Å². The second-order valence-corrected chi connectivity index (χ2v) is 7.10. The van der Waals surface area contributed by atoms with Crippen molar-refractivity contribution < 1.29 is 9.59 Å². The first-order valence-corrected chi connectivity index (χ1v) is 9.04. The molecule has 0 atom stereocenters. The molecule has 0 spiro atoms. The van der Waals surface area contributed by atoms with Gasteiger partial charge in [-0.1, -0.05) is 44.2 Å². The summed E-state index contributed by atoms with van der Waals surface area (Å²) in [6.07, 6.45) is 3.01. The number of rotatable bonds is 5. The van der Waals surface area contributed by atoms with E-state index in [9.17, 15) is 9.59 Å². The quantitative estimate of drug-likeness (QED) is 0.743. The summed E-state index contributed by atoms with van der Waals surface area (Å²) in [6, 6.07) is 17.0. The van der Waals surface area contributed by atoms with E-state index in [2.05, 4.69) is 28.1 Å². The molecule has 3 N–H and O–H groups in total. The van der Waals surface area contributed by atoms with Crippen LogP contribution in [0.1, 0.15) is 38.7 Å². The van der Waals surface area contributed by atoms with Crippen LogP contribution in [0.15, 0.2) is 54.6 Å². The van der Waals surface area contributed by atoms with Crippen molar-refractivity contribution in [3.05, 3.63) is 60.2 Å². The topological polar surface area (TPSA) is 70.2 Å². The molecule has 0 aliphatic heterocycles. The summed E-state index contributed by atoms with van der Waals surface area (Å²) >= 11 is 0.